The largest absolute Gasteiger partial charge is 0.297 e. The van der Waals surface area contributed by atoms with Crippen molar-refractivity contribution in [3.63, 3.8) is 0 Å². The second-order valence-electron chi connectivity index (χ2n) is 6.07. The van der Waals surface area contributed by atoms with E-state index in [4.69, 9.17) is 0 Å². The van der Waals surface area contributed by atoms with E-state index in [2.05, 4.69) is 64.9 Å². The highest BCUT2D eigenvalue weighted by atomic mass is 32.1. The topological polar surface area (TPSA) is 67.8 Å². The molecule has 1 N–H and O–H groups in total. The second kappa shape index (κ2) is 7.84. The first-order chi connectivity index (χ1) is 12.1. The maximum atomic E-state index is 12.4. The Kier molecular flexibility index (Phi) is 5.55. The van der Waals surface area contributed by atoms with Crippen LogP contribution < -0.4 is 5.32 Å². The van der Waals surface area contributed by atoms with Gasteiger partial charge in [-0.2, -0.15) is 0 Å². The van der Waals surface area contributed by atoms with E-state index in [1.54, 1.807) is 0 Å². The number of aromatic nitrogens is 3. The zero-order valence-corrected chi connectivity index (χ0v) is 16.1. The summed E-state index contributed by atoms with van der Waals surface area (Å²) in [4.78, 5) is 17.5. The summed E-state index contributed by atoms with van der Waals surface area (Å²) in [6.07, 6.45) is 1.68. The highest BCUT2D eigenvalue weighted by Crippen LogP contribution is 2.27. The van der Waals surface area contributed by atoms with Crippen molar-refractivity contribution in [3.8, 4) is 11.3 Å². The summed E-state index contributed by atoms with van der Waals surface area (Å²) < 4.78 is 3.89. The summed E-state index contributed by atoms with van der Waals surface area (Å²) in [5.41, 5.74) is 3.97. The molecule has 3 aromatic rings. The monoisotopic (exact) mass is 372 g/mol. The van der Waals surface area contributed by atoms with Gasteiger partial charge in [-0.3, -0.25) is 10.1 Å². The molecule has 2 heterocycles. The molecule has 0 aliphatic carbocycles. The van der Waals surface area contributed by atoms with Crippen molar-refractivity contribution in [2.45, 2.75) is 39.5 Å². The van der Waals surface area contributed by atoms with Crippen LogP contribution in [-0.2, 0) is 6.42 Å². The second-order valence-corrected chi connectivity index (χ2v) is 7.68. The Morgan fingerprint density at radius 1 is 1.24 bits per heavy atom. The summed E-state index contributed by atoms with van der Waals surface area (Å²) in [6.45, 7) is 6.40. The van der Waals surface area contributed by atoms with Gasteiger partial charge in [0.2, 0.25) is 0 Å². The van der Waals surface area contributed by atoms with Crippen LogP contribution in [-0.4, -0.2) is 20.5 Å². The Bertz CT molecular complexity index is 852. The van der Waals surface area contributed by atoms with E-state index in [1.165, 1.54) is 16.9 Å². The number of nitrogens with zero attached hydrogens (tertiary/aromatic N) is 3. The number of rotatable bonds is 6. The minimum Gasteiger partial charge on any atom is -0.297 e. The van der Waals surface area contributed by atoms with Crippen LogP contribution in [0.15, 0.2) is 29.6 Å². The van der Waals surface area contributed by atoms with E-state index < -0.39 is 0 Å². The molecule has 0 unspecified atom stereocenters. The molecule has 25 heavy (non-hydrogen) atoms. The number of anilines is 1. The molecule has 0 bridgehead atoms. The van der Waals surface area contributed by atoms with Crippen molar-refractivity contribution >= 4 is 33.9 Å². The fourth-order valence-corrected chi connectivity index (χ4v) is 3.76. The third-order valence-electron chi connectivity index (χ3n) is 3.85. The molecular formula is C18H20N4OS2. The maximum absolute atomic E-state index is 12.4. The maximum Gasteiger partial charge on any atom is 0.271 e. The first-order valence-electron chi connectivity index (χ1n) is 8.27. The number of nitrogens with one attached hydrogen (secondary N) is 1. The fraction of sp³-hybridized carbons (Fsp3) is 0.333. The van der Waals surface area contributed by atoms with Crippen LogP contribution in [0.25, 0.3) is 11.3 Å². The lowest BCUT2D eigenvalue weighted by Crippen LogP contribution is -2.12. The van der Waals surface area contributed by atoms with Crippen LogP contribution in [0.2, 0.25) is 0 Å². The zero-order chi connectivity index (χ0) is 17.8. The lowest BCUT2D eigenvalue weighted by atomic mass is 10.0. The van der Waals surface area contributed by atoms with Crippen LogP contribution in [0.5, 0.6) is 0 Å². The number of hydrogen-bond acceptors (Lipinski definition) is 6. The fourth-order valence-electron chi connectivity index (χ4n) is 2.44. The van der Waals surface area contributed by atoms with E-state index in [0.29, 0.717) is 15.9 Å². The molecule has 0 radical (unpaired) electrons. The highest BCUT2D eigenvalue weighted by Gasteiger charge is 2.17. The van der Waals surface area contributed by atoms with Gasteiger partial charge in [-0.1, -0.05) is 55.9 Å². The Morgan fingerprint density at radius 3 is 2.68 bits per heavy atom. The van der Waals surface area contributed by atoms with Gasteiger partial charge in [-0.05, 0) is 29.4 Å². The van der Waals surface area contributed by atoms with Crippen LogP contribution >= 0.6 is 22.9 Å². The van der Waals surface area contributed by atoms with Gasteiger partial charge in [-0.25, -0.2) is 4.98 Å². The molecule has 0 saturated carbocycles. The van der Waals surface area contributed by atoms with E-state index >= 15 is 0 Å². The Hall–Kier alpha value is -2.12. The molecule has 3 rings (SSSR count). The van der Waals surface area contributed by atoms with Gasteiger partial charge in [0.05, 0.1) is 11.4 Å². The summed E-state index contributed by atoms with van der Waals surface area (Å²) in [5, 5.41) is 9.44. The van der Waals surface area contributed by atoms with Crippen molar-refractivity contribution in [1.29, 1.82) is 0 Å². The Morgan fingerprint density at radius 2 is 2.00 bits per heavy atom. The molecule has 2 aromatic heterocycles. The molecule has 130 valence electrons. The molecule has 1 aromatic carbocycles. The van der Waals surface area contributed by atoms with E-state index in [0.717, 1.165) is 41.3 Å². The van der Waals surface area contributed by atoms with E-state index in [1.807, 2.05) is 5.38 Å². The molecule has 0 saturated heterocycles. The van der Waals surface area contributed by atoms with Crippen molar-refractivity contribution in [2.24, 2.45) is 0 Å². The first kappa shape index (κ1) is 17.7. The summed E-state index contributed by atoms with van der Waals surface area (Å²) in [7, 11) is 0. The van der Waals surface area contributed by atoms with Gasteiger partial charge in [0.15, 0.2) is 5.13 Å². The molecule has 7 heteroatoms. The van der Waals surface area contributed by atoms with Gasteiger partial charge >= 0.3 is 0 Å². The minimum atomic E-state index is -0.186. The van der Waals surface area contributed by atoms with E-state index in [9.17, 15) is 4.79 Å². The number of amides is 1. The lowest BCUT2D eigenvalue weighted by molar-refractivity contribution is 0.102. The van der Waals surface area contributed by atoms with Crippen LogP contribution in [0.4, 0.5) is 5.13 Å². The van der Waals surface area contributed by atoms with Gasteiger partial charge in [0.25, 0.3) is 5.91 Å². The lowest BCUT2D eigenvalue weighted by Gasteiger charge is -2.05. The summed E-state index contributed by atoms with van der Waals surface area (Å²) >= 11 is 2.55. The number of benzene rings is 1. The van der Waals surface area contributed by atoms with E-state index in [-0.39, 0.29) is 5.91 Å². The molecule has 0 fully saturated rings. The third kappa shape index (κ3) is 4.11. The van der Waals surface area contributed by atoms with Crippen molar-refractivity contribution in [3.05, 3.63) is 45.8 Å². The van der Waals surface area contributed by atoms with Crippen LogP contribution in [0.3, 0.4) is 0 Å². The van der Waals surface area contributed by atoms with Gasteiger partial charge in [0.1, 0.15) is 4.88 Å². The Labute approximate surface area is 155 Å². The zero-order valence-electron chi connectivity index (χ0n) is 14.4. The SMILES string of the molecule is CCCc1nnsc1C(=O)Nc1nc(-c2ccc(C(C)C)cc2)cs1. The minimum absolute atomic E-state index is 0.186. The summed E-state index contributed by atoms with van der Waals surface area (Å²) in [6, 6.07) is 8.39. The quantitative estimate of drug-likeness (QED) is 0.662. The third-order valence-corrected chi connectivity index (χ3v) is 5.37. The van der Waals surface area contributed by atoms with Crippen molar-refractivity contribution in [2.75, 3.05) is 5.32 Å². The predicted molar refractivity (Wildman–Crippen MR) is 103 cm³/mol. The first-order valence-corrected chi connectivity index (χ1v) is 9.92. The predicted octanol–water partition coefficient (Wildman–Crippen LogP) is 4.99. The summed E-state index contributed by atoms with van der Waals surface area (Å²) in [5.74, 6) is 0.319. The number of thiazole rings is 1. The number of carbonyl (C=O) groups excluding carboxylic acids is 1. The molecule has 0 aliphatic heterocycles. The molecule has 0 atom stereocenters. The molecule has 5 nitrogen and oxygen atoms in total. The smallest absolute Gasteiger partial charge is 0.271 e. The average molecular weight is 373 g/mol. The van der Waals surface area contributed by atoms with Crippen molar-refractivity contribution in [1.82, 2.24) is 14.6 Å². The number of carbonyl (C=O) groups is 1. The molecular weight excluding hydrogens is 352 g/mol. The van der Waals surface area contributed by atoms with Crippen LogP contribution in [0, 0.1) is 0 Å². The highest BCUT2D eigenvalue weighted by molar-refractivity contribution is 7.14. The average Bonchev–Trinajstić information content (AvgIpc) is 3.25. The van der Waals surface area contributed by atoms with Gasteiger partial charge < -0.3 is 0 Å². The van der Waals surface area contributed by atoms with Gasteiger partial charge in [0, 0.05) is 10.9 Å². The standard InChI is InChI=1S/C18H20N4OS2/c1-4-5-14-16(25-22-21-14)17(23)20-18-19-15(10-24-18)13-8-6-12(7-9-13)11(2)3/h6-11H,4-5H2,1-3H3,(H,19,20,23). The number of hydrogen-bond donors (Lipinski definition) is 1. The Balaban J connectivity index is 1.73. The number of aryl methyl sites for hydroxylation is 1. The molecule has 0 aliphatic rings. The molecule has 0 spiro atoms. The molecule has 1 amide bonds. The van der Waals surface area contributed by atoms with Crippen molar-refractivity contribution < 1.29 is 4.79 Å². The van der Waals surface area contributed by atoms with Gasteiger partial charge in [-0.15, -0.1) is 16.4 Å². The van der Waals surface area contributed by atoms with Crippen LogP contribution in [0.1, 0.15) is 54.0 Å². The normalized spacial score (nSPS) is 11.0.